The number of carbonyl (C=O) groups is 1. The SMILES string of the molecule is CN(C(=O)Oc1c(/C(C=NCCOC2CCC23COC3)=C/N)cc(C(F)(F)F)cc1C(F)(F)F)c1ccc(F)cc1. The highest BCUT2D eigenvalue weighted by atomic mass is 19.4. The maximum atomic E-state index is 14.0. The number of nitrogens with two attached hydrogens (primary N) is 1. The van der Waals surface area contributed by atoms with Gasteiger partial charge in [0, 0.05) is 41.7 Å². The molecule has 1 aliphatic carbocycles. The highest BCUT2D eigenvalue weighted by Gasteiger charge is 2.53. The molecule has 1 saturated carbocycles. The molecule has 2 fully saturated rings. The summed E-state index contributed by atoms with van der Waals surface area (Å²) in [5, 5.41) is 0. The fraction of sp³-hybridized carbons (Fsp3) is 0.407. The molecule has 2 aromatic rings. The number of halogens is 7. The zero-order valence-electron chi connectivity index (χ0n) is 21.7. The van der Waals surface area contributed by atoms with Crippen molar-refractivity contribution in [2.75, 3.05) is 38.3 Å². The molecule has 0 radical (unpaired) electrons. The van der Waals surface area contributed by atoms with E-state index in [2.05, 4.69) is 4.99 Å². The van der Waals surface area contributed by atoms with Crippen molar-refractivity contribution in [3.63, 3.8) is 0 Å². The molecule has 1 spiro atoms. The summed E-state index contributed by atoms with van der Waals surface area (Å²) in [7, 11) is 1.13. The second-order valence-electron chi connectivity index (χ2n) is 9.71. The van der Waals surface area contributed by atoms with Crippen LogP contribution in [0.4, 0.5) is 41.2 Å². The maximum Gasteiger partial charge on any atom is 0.420 e. The quantitative estimate of drug-likeness (QED) is 0.230. The Hall–Kier alpha value is -3.65. The van der Waals surface area contributed by atoms with Gasteiger partial charge in [0.25, 0.3) is 0 Å². The fourth-order valence-electron chi connectivity index (χ4n) is 4.49. The summed E-state index contributed by atoms with van der Waals surface area (Å²) in [4.78, 5) is 17.6. The van der Waals surface area contributed by atoms with Crippen molar-refractivity contribution in [3.8, 4) is 5.75 Å². The van der Waals surface area contributed by atoms with Gasteiger partial charge < -0.3 is 19.9 Å². The van der Waals surface area contributed by atoms with Gasteiger partial charge in [-0.1, -0.05) is 0 Å². The number of amides is 1. The molecule has 41 heavy (non-hydrogen) atoms. The summed E-state index contributed by atoms with van der Waals surface area (Å²) in [6.07, 6.45) is -8.32. The molecule has 0 aromatic heterocycles. The molecule has 1 unspecified atom stereocenters. The van der Waals surface area contributed by atoms with Crippen LogP contribution in [-0.2, 0) is 21.8 Å². The van der Waals surface area contributed by atoms with Crippen LogP contribution in [0.5, 0.6) is 5.75 Å². The van der Waals surface area contributed by atoms with Crippen LogP contribution in [0.15, 0.2) is 47.6 Å². The van der Waals surface area contributed by atoms with Crippen molar-refractivity contribution in [3.05, 3.63) is 65.1 Å². The zero-order chi connectivity index (χ0) is 30.0. The number of hydrogen-bond acceptors (Lipinski definition) is 6. The summed E-state index contributed by atoms with van der Waals surface area (Å²) in [5.41, 5.74) is 1.05. The maximum absolute atomic E-state index is 14.0. The van der Waals surface area contributed by atoms with Gasteiger partial charge in [0.2, 0.25) is 0 Å². The second-order valence-corrected chi connectivity index (χ2v) is 9.71. The first kappa shape index (κ1) is 30.3. The van der Waals surface area contributed by atoms with Crippen molar-refractivity contribution >= 4 is 23.6 Å². The largest absolute Gasteiger partial charge is 0.420 e. The van der Waals surface area contributed by atoms with E-state index in [0.29, 0.717) is 19.3 Å². The van der Waals surface area contributed by atoms with E-state index >= 15 is 0 Å². The van der Waals surface area contributed by atoms with Crippen LogP contribution < -0.4 is 15.4 Å². The first-order chi connectivity index (χ1) is 19.2. The van der Waals surface area contributed by atoms with Crippen LogP contribution >= 0.6 is 0 Å². The Labute approximate surface area is 230 Å². The molecule has 1 aliphatic heterocycles. The molecular weight excluding hydrogens is 563 g/mol. The third kappa shape index (κ3) is 6.64. The minimum atomic E-state index is -5.35. The van der Waals surface area contributed by atoms with Crippen LogP contribution in [0.25, 0.3) is 5.57 Å². The number of rotatable bonds is 8. The molecule has 2 aromatic carbocycles. The van der Waals surface area contributed by atoms with Gasteiger partial charge in [0.15, 0.2) is 5.75 Å². The minimum absolute atomic E-state index is 0.00195. The summed E-state index contributed by atoms with van der Waals surface area (Å²) in [6.45, 7) is 1.41. The van der Waals surface area contributed by atoms with E-state index in [1.165, 1.54) is 0 Å². The van der Waals surface area contributed by atoms with E-state index in [1.54, 1.807) is 0 Å². The molecular formula is C27H26F7N3O4. The van der Waals surface area contributed by atoms with E-state index in [9.17, 15) is 35.5 Å². The van der Waals surface area contributed by atoms with Crippen molar-refractivity contribution in [2.45, 2.75) is 31.3 Å². The lowest BCUT2D eigenvalue weighted by atomic mass is 9.64. The number of carbonyl (C=O) groups excluding carboxylic acids is 1. The lowest BCUT2D eigenvalue weighted by Gasteiger charge is -2.54. The predicted molar refractivity (Wildman–Crippen MR) is 135 cm³/mol. The van der Waals surface area contributed by atoms with E-state index in [1.807, 2.05) is 0 Å². The van der Waals surface area contributed by atoms with Gasteiger partial charge in [0.1, 0.15) is 5.82 Å². The summed E-state index contributed by atoms with van der Waals surface area (Å²) < 4.78 is 112. The smallest absolute Gasteiger partial charge is 0.409 e. The molecule has 1 atom stereocenters. The number of ether oxygens (including phenoxy) is 3. The Kier molecular flexibility index (Phi) is 8.64. The van der Waals surface area contributed by atoms with Gasteiger partial charge >= 0.3 is 18.4 Å². The Morgan fingerprint density at radius 1 is 1.15 bits per heavy atom. The Balaban J connectivity index is 1.62. The highest BCUT2D eigenvalue weighted by Crippen LogP contribution is 2.48. The van der Waals surface area contributed by atoms with Crippen LogP contribution in [0.2, 0.25) is 0 Å². The molecule has 1 amide bonds. The Bertz CT molecular complexity index is 1310. The molecule has 1 saturated heterocycles. The highest BCUT2D eigenvalue weighted by molar-refractivity contribution is 6.11. The monoisotopic (exact) mass is 589 g/mol. The Morgan fingerprint density at radius 2 is 1.83 bits per heavy atom. The molecule has 0 bridgehead atoms. The third-order valence-corrected chi connectivity index (χ3v) is 7.03. The normalized spacial score (nSPS) is 18.7. The Morgan fingerprint density at radius 3 is 2.34 bits per heavy atom. The first-order valence-corrected chi connectivity index (χ1v) is 12.4. The fourth-order valence-corrected chi connectivity index (χ4v) is 4.49. The number of aliphatic imine (C=N–C) groups is 1. The number of alkyl halides is 6. The van der Waals surface area contributed by atoms with Crippen molar-refractivity contribution < 1.29 is 49.7 Å². The van der Waals surface area contributed by atoms with Crippen molar-refractivity contribution in [1.29, 1.82) is 0 Å². The van der Waals surface area contributed by atoms with E-state index in [-0.39, 0.29) is 42.0 Å². The number of allylic oxidation sites excluding steroid dienone is 1. The zero-order valence-corrected chi connectivity index (χ0v) is 21.7. The van der Waals surface area contributed by atoms with Crippen molar-refractivity contribution in [1.82, 2.24) is 0 Å². The molecule has 2 aliphatic rings. The molecule has 4 rings (SSSR count). The average Bonchev–Trinajstić information content (AvgIpc) is 2.85. The van der Waals surface area contributed by atoms with Crippen LogP contribution in [0.3, 0.4) is 0 Å². The molecule has 2 N–H and O–H groups in total. The van der Waals surface area contributed by atoms with E-state index < -0.39 is 46.7 Å². The molecule has 222 valence electrons. The lowest BCUT2D eigenvalue weighted by molar-refractivity contribution is -0.236. The second kappa shape index (κ2) is 11.7. The standard InChI is InChI=1S/C27H26F7N3O4/c1-37(19-4-2-18(28)3-5-19)24(38)41-23-20(10-17(26(29,30)31)11-21(23)27(32,33)34)16(12-35)13-36-8-9-40-22-6-7-25(22)14-39-15-25/h2-5,10-13,22H,6-9,14-15,35H2,1H3/b16-12+,36-13?. The van der Waals surface area contributed by atoms with Gasteiger partial charge in [-0.25, -0.2) is 9.18 Å². The summed E-state index contributed by atoms with van der Waals surface area (Å²) in [5.74, 6) is -1.84. The van der Waals surface area contributed by atoms with E-state index in [0.717, 1.165) is 61.5 Å². The van der Waals surface area contributed by atoms with Gasteiger partial charge in [-0.2, -0.15) is 26.3 Å². The van der Waals surface area contributed by atoms with Gasteiger partial charge in [-0.3, -0.25) is 9.89 Å². The number of benzene rings is 2. The number of hydrogen-bond donors (Lipinski definition) is 1. The minimum Gasteiger partial charge on any atom is -0.409 e. The average molecular weight is 590 g/mol. The third-order valence-electron chi connectivity index (χ3n) is 7.03. The van der Waals surface area contributed by atoms with Crippen LogP contribution in [0.1, 0.15) is 29.5 Å². The summed E-state index contributed by atoms with van der Waals surface area (Å²) >= 11 is 0. The molecule has 7 nitrogen and oxygen atoms in total. The molecule has 14 heteroatoms. The first-order valence-electron chi connectivity index (χ1n) is 12.4. The van der Waals surface area contributed by atoms with Gasteiger partial charge in [0.05, 0.1) is 43.6 Å². The number of nitrogens with zero attached hydrogens (tertiary/aromatic N) is 2. The van der Waals surface area contributed by atoms with Crippen LogP contribution in [-0.4, -0.2) is 51.8 Å². The molecule has 1 heterocycles. The van der Waals surface area contributed by atoms with Crippen molar-refractivity contribution in [2.24, 2.45) is 16.1 Å². The summed E-state index contributed by atoms with van der Waals surface area (Å²) in [6, 6.07) is 4.58. The predicted octanol–water partition coefficient (Wildman–Crippen LogP) is 6.06. The topological polar surface area (TPSA) is 86.4 Å². The number of anilines is 1. The van der Waals surface area contributed by atoms with E-state index in [4.69, 9.17) is 19.9 Å². The van der Waals surface area contributed by atoms with Crippen LogP contribution in [0, 0.1) is 11.2 Å². The van der Waals surface area contributed by atoms with Gasteiger partial charge in [-0.05, 0) is 49.2 Å². The lowest BCUT2D eigenvalue weighted by Crippen LogP contribution is -2.59. The van der Waals surface area contributed by atoms with Gasteiger partial charge in [-0.15, -0.1) is 0 Å².